The molecule has 0 spiro atoms. The Bertz CT molecular complexity index is 583. The van der Waals surface area contributed by atoms with Gasteiger partial charge in [0.25, 0.3) is 0 Å². The maximum absolute atomic E-state index is 12.0. The molecule has 2 heterocycles. The molecule has 0 aliphatic carbocycles. The van der Waals surface area contributed by atoms with Gasteiger partial charge >= 0.3 is 0 Å². The highest BCUT2D eigenvalue weighted by atomic mass is 32.2. The Morgan fingerprint density at radius 3 is 3.00 bits per heavy atom. The number of nitrogens with zero attached hydrogens (tertiary/aromatic N) is 2. The lowest BCUT2D eigenvalue weighted by Gasteiger charge is -2.28. The van der Waals surface area contributed by atoms with Crippen molar-refractivity contribution in [3.63, 3.8) is 0 Å². The number of anilines is 1. The lowest BCUT2D eigenvalue weighted by Crippen LogP contribution is -2.42. The number of aromatic nitrogens is 1. The third-order valence-corrected chi connectivity index (χ3v) is 4.31. The molecule has 7 heteroatoms. The van der Waals surface area contributed by atoms with Gasteiger partial charge in [0, 0.05) is 27.1 Å². The van der Waals surface area contributed by atoms with E-state index in [9.17, 15) is 14.4 Å². The Balaban J connectivity index is 0.00000264. The van der Waals surface area contributed by atoms with Crippen LogP contribution in [0.1, 0.15) is 20.3 Å². The molecule has 1 aliphatic rings. The van der Waals surface area contributed by atoms with Crippen LogP contribution in [0.25, 0.3) is 0 Å². The first-order chi connectivity index (χ1) is 10.6. The summed E-state index contributed by atoms with van der Waals surface area (Å²) in [7, 11) is 0. The summed E-state index contributed by atoms with van der Waals surface area (Å²) in [5.74, 6) is 1.25. The smallest absolute Gasteiger partial charge is 0.230 e. The number of thioether (sulfide) groups is 1. The normalized spacial score (nSPS) is 13.7. The minimum absolute atomic E-state index is 0. The minimum atomic E-state index is -0.128. The minimum Gasteiger partial charge on any atom is -0.354 e. The van der Waals surface area contributed by atoms with Crippen LogP contribution in [0.4, 0.5) is 5.82 Å². The number of nitrogens with one attached hydrogen (secondary N) is 1. The van der Waals surface area contributed by atoms with Gasteiger partial charge < -0.3 is 5.32 Å². The number of hydrogen-bond acceptors (Lipinski definition) is 5. The quantitative estimate of drug-likeness (QED) is 0.811. The highest BCUT2D eigenvalue weighted by Crippen LogP contribution is 2.24. The molecule has 0 saturated carbocycles. The topological polar surface area (TPSA) is 79.4 Å². The summed E-state index contributed by atoms with van der Waals surface area (Å²) < 4.78 is 0. The maximum Gasteiger partial charge on any atom is 0.230 e. The fraction of sp³-hybridized carbons (Fsp3) is 0.467. The summed E-state index contributed by atoms with van der Waals surface area (Å²) >= 11 is 1.29. The number of ketones is 1. The van der Waals surface area contributed by atoms with E-state index in [0.29, 0.717) is 37.5 Å². The van der Waals surface area contributed by atoms with Crippen molar-refractivity contribution >= 4 is 35.2 Å². The molecule has 2 rings (SSSR count). The van der Waals surface area contributed by atoms with E-state index in [1.165, 1.54) is 18.7 Å². The Morgan fingerprint density at radius 1 is 1.41 bits per heavy atom. The van der Waals surface area contributed by atoms with Gasteiger partial charge in [-0.2, -0.15) is 0 Å². The second-order valence-electron chi connectivity index (χ2n) is 5.08. The monoisotopic (exact) mass is 323 g/mol. The van der Waals surface area contributed by atoms with Crippen molar-refractivity contribution in [1.82, 2.24) is 10.3 Å². The first-order valence-electron chi connectivity index (χ1n) is 7.16. The number of pyridine rings is 1. The van der Waals surface area contributed by atoms with Gasteiger partial charge in [0.15, 0.2) is 0 Å². The van der Waals surface area contributed by atoms with Crippen molar-refractivity contribution in [2.24, 2.45) is 0 Å². The second kappa shape index (κ2) is 7.93. The second-order valence-corrected chi connectivity index (χ2v) is 6.06. The number of fused-ring (bicyclic) bond motifs is 1. The number of Topliss-reactive ketones (excluding diaryl/α,β-unsaturated/α-hetero) is 1. The predicted molar refractivity (Wildman–Crippen MR) is 88.0 cm³/mol. The zero-order valence-electron chi connectivity index (χ0n) is 12.5. The zero-order valence-corrected chi connectivity index (χ0v) is 13.3. The van der Waals surface area contributed by atoms with Gasteiger partial charge in [-0.3, -0.25) is 19.3 Å². The van der Waals surface area contributed by atoms with Crippen LogP contribution < -0.4 is 10.2 Å². The Labute approximate surface area is 135 Å². The van der Waals surface area contributed by atoms with E-state index in [4.69, 9.17) is 0 Å². The van der Waals surface area contributed by atoms with E-state index in [-0.39, 0.29) is 24.8 Å². The third kappa shape index (κ3) is 4.56. The largest absolute Gasteiger partial charge is 0.354 e. The highest BCUT2D eigenvalue weighted by Gasteiger charge is 2.24. The maximum atomic E-state index is 12.0. The van der Waals surface area contributed by atoms with Crippen LogP contribution in [-0.4, -0.2) is 47.2 Å². The SMILES string of the molecule is CC(=O)CSCC(=O)NCCN1C(=O)CCc2cccnc21.[HH]. The van der Waals surface area contributed by atoms with Crippen LogP contribution >= 0.6 is 11.8 Å². The van der Waals surface area contributed by atoms with Crippen LogP contribution in [0.5, 0.6) is 0 Å². The van der Waals surface area contributed by atoms with Crippen LogP contribution in [0.15, 0.2) is 18.3 Å². The zero-order chi connectivity index (χ0) is 15.9. The van der Waals surface area contributed by atoms with Crippen LogP contribution in [0, 0.1) is 0 Å². The summed E-state index contributed by atoms with van der Waals surface area (Å²) in [5.41, 5.74) is 1.06. The number of rotatable bonds is 7. The van der Waals surface area contributed by atoms with Crippen molar-refractivity contribution in [2.75, 3.05) is 29.5 Å². The summed E-state index contributed by atoms with van der Waals surface area (Å²) in [5, 5.41) is 2.76. The molecular weight excluding hydrogens is 302 g/mol. The van der Waals surface area contributed by atoms with Gasteiger partial charge in [0.05, 0.1) is 11.5 Å². The molecule has 1 N–H and O–H groups in total. The molecule has 0 radical (unpaired) electrons. The Hall–Kier alpha value is -1.89. The van der Waals surface area contributed by atoms with Crippen LogP contribution in [0.3, 0.4) is 0 Å². The fourth-order valence-corrected chi connectivity index (χ4v) is 2.92. The molecule has 0 aromatic carbocycles. The summed E-state index contributed by atoms with van der Waals surface area (Å²) in [4.78, 5) is 40.3. The standard InChI is InChI=1S/C15H19N3O3S.H2/c1-11(19)9-22-10-13(20)16-7-8-18-14(21)5-4-12-3-2-6-17-15(12)18;/h2-3,6H,4-5,7-10H2,1H3,(H,16,20);1H. The van der Waals surface area contributed by atoms with Gasteiger partial charge in [-0.05, 0) is 25.0 Å². The fourth-order valence-electron chi connectivity index (χ4n) is 2.24. The average Bonchev–Trinajstić information content (AvgIpc) is 2.49. The van der Waals surface area contributed by atoms with Gasteiger partial charge in [-0.25, -0.2) is 4.98 Å². The van der Waals surface area contributed by atoms with Gasteiger partial charge in [0.2, 0.25) is 11.8 Å². The van der Waals surface area contributed by atoms with Crippen molar-refractivity contribution in [2.45, 2.75) is 19.8 Å². The molecule has 1 aromatic heterocycles. The molecular formula is C15H21N3O3S. The van der Waals surface area contributed by atoms with Gasteiger partial charge in [-0.1, -0.05) is 6.07 Å². The molecule has 2 amide bonds. The molecule has 1 aromatic rings. The van der Waals surface area contributed by atoms with Crippen LogP contribution in [0.2, 0.25) is 0 Å². The van der Waals surface area contributed by atoms with Crippen molar-refractivity contribution < 1.29 is 15.8 Å². The number of hydrogen-bond donors (Lipinski definition) is 1. The van der Waals surface area contributed by atoms with Gasteiger partial charge in [-0.15, -0.1) is 11.8 Å². The molecule has 0 fully saturated rings. The molecule has 0 unspecified atom stereocenters. The number of amides is 2. The summed E-state index contributed by atoms with van der Waals surface area (Å²) in [6.07, 6.45) is 2.86. The summed E-state index contributed by atoms with van der Waals surface area (Å²) in [6.45, 7) is 2.28. The Kier molecular flexibility index (Phi) is 5.94. The van der Waals surface area contributed by atoms with Crippen molar-refractivity contribution in [3.05, 3.63) is 23.9 Å². The van der Waals surface area contributed by atoms with Gasteiger partial charge in [0.1, 0.15) is 11.6 Å². The molecule has 0 saturated heterocycles. The van der Waals surface area contributed by atoms with Crippen molar-refractivity contribution in [1.29, 1.82) is 0 Å². The molecule has 0 atom stereocenters. The first kappa shape index (κ1) is 16.5. The van der Waals surface area contributed by atoms with E-state index in [1.54, 1.807) is 11.1 Å². The lowest BCUT2D eigenvalue weighted by atomic mass is 10.1. The molecule has 6 nitrogen and oxygen atoms in total. The highest BCUT2D eigenvalue weighted by molar-refractivity contribution is 8.00. The predicted octanol–water partition coefficient (Wildman–Crippen LogP) is 1.05. The lowest BCUT2D eigenvalue weighted by molar-refractivity contribution is -0.120. The van der Waals surface area contributed by atoms with E-state index in [1.807, 2.05) is 12.1 Å². The Morgan fingerprint density at radius 2 is 2.23 bits per heavy atom. The van der Waals surface area contributed by atoms with E-state index < -0.39 is 0 Å². The van der Waals surface area contributed by atoms with E-state index >= 15 is 0 Å². The third-order valence-electron chi connectivity index (χ3n) is 3.23. The summed E-state index contributed by atoms with van der Waals surface area (Å²) in [6, 6.07) is 3.83. The molecule has 22 heavy (non-hydrogen) atoms. The van der Waals surface area contributed by atoms with Crippen molar-refractivity contribution in [3.8, 4) is 0 Å². The molecule has 0 bridgehead atoms. The first-order valence-corrected chi connectivity index (χ1v) is 8.31. The number of aryl methyl sites for hydroxylation is 1. The molecule has 1 aliphatic heterocycles. The average molecular weight is 323 g/mol. The van der Waals surface area contributed by atoms with E-state index in [0.717, 1.165) is 5.56 Å². The molecule has 120 valence electrons. The van der Waals surface area contributed by atoms with E-state index in [2.05, 4.69) is 10.3 Å². The number of carbonyl (C=O) groups excluding carboxylic acids is 3. The van der Waals surface area contributed by atoms with Crippen LogP contribution in [-0.2, 0) is 20.8 Å². The number of carbonyl (C=O) groups is 3.